The van der Waals surface area contributed by atoms with E-state index >= 15 is 0 Å². The van der Waals surface area contributed by atoms with Crippen molar-refractivity contribution >= 4 is 33.6 Å². The first-order valence-electron chi connectivity index (χ1n) is 8.15. The van der Waals surface area contributed by atoms with Crippen molar-refractivity contribution in [1.29, 1.82) is 0 Å². The van der Waals surface area contributed by atoms with Crippen LogP contribution in [-0.2, 0) is 11.3 Å². The van der Waals surface area contributed by atoms with Crippen LogP contribution in [0.4, 0.5) is 0 Å². The highest BCUT2D eigenvalue weighted by molar-refractivity contribution is 9.10. The Kier molecular flexibility index (Phi) is 6.52. The molecule has 0 aliphatic rings. The fraction of sp³-hybridized carbons (Fsp3) is 0.211. The van der Waals surface area contributed by atoms with Crippen molar-refractivity contribution in [3.8, 4) is 17.2 Å². The predicted molar refractivity (Wildman–Crippen MR) is 108 cm³/mol. The van der Waals surface area contributed by atoms with Crippen LogP contribution in [0, 0.1) is 0 Å². The lowest BCUT2D eigenvalue weighted by Gasteiger charge is -2.17. The van der Waals surface area contributed by atoms with E-state index in [4.69, 9.17) is 9.15 Å². The van der Waals surface area contributed by atoms with Gasteiger partial charge in [-0.15, -0.1) is 10.2 Å². The zero-order valence-electron chi connectivity index (χ0n) is 14.9. The molecule has 0 N–H and O–H groups in total. The first kappa shape index (κ1) is 19.4. The van der Waals surface area contributed by atoms with E-state index < -0.39 is 0 Å². The summed E-state index contributed by atoms with van der Waals surface area (Å²) in [6.07, 6.45) is 0. The fourth-order valence-corrected chi connectivity index (χ4v) is 3.44. The van der Waals surface area contributed by atoms with Crippen molar-refractivity contribution in [2.24, 2.45) is 0 Å². The van der Waals surface area contributed by atoms with Gasteiger partial charge in [0, 0.05) is 23.6 Å². The van der Waals surface area contributed by atoms with E-state index in [9.17, 15) is 4.79 Å². The molecule has 2 aromatic carbocycles. The third-order valence-corrected chi connectivity index (χ3v) is 5.43. The average Bonchev–Trinajstić information content (AvgIpc) is 3.17. The molecule has 0 unspecified atom stereocenters. The molecule has 0 fully saturated rings. The molecule has 0 aliphatic heterocycles. The van der Waals surface area contributed by atoms with Crippen molar-refractivity contribution < 1.29 is 13.9 Å². The van der Waals surface area contributed by atoms with Crippen LogP contribution in [0.3, 0.4) is 0 Å². The molecular formula is C19H18BrN3O3S. The number of hydrogen-bond donors (Lipinski definition) is 0. The summed E-state index contributed by atoms with van der Waals surface area (Å²) in [5.74, 6) is 1.38. The number of carbonyl (C=O) groups is 1. The van der Waals surface area contributed by atoms with E-state index in [1.165, 1.54) is 11.8 Å². The molecule has 0 aliphatic carbocycles. The Morgan fingerprint density at radius 1 is 1.19 bits per heavy atom. The van der Waals surface area contributed by atoms with Gasteiger partial charge in [0.15, 0.2) is 0 Å². The maximum Gasteiger partial charge on any atom is 0.277 e. The average molecular weight is 448 g/mol. The lowest BCUT2D eigenvalue weighted by Crippen LogP contribution is -2.27. The summed E-state index contributed by atoms with van der Waals surface area (Å²) in [5.41, 5.74) is 1.85. The predicted octanol–water partition coefficient (Wildman–Crippen LogP) is 4.26. The molecule has 27 heavy (non-hydrogen) atoms. The zero-order chi connectivity index (χ0) is 19.2. The molecule has 0 radical (unpaired) electrons. The normalized spacial score (nSPS) is 10.6. The first-order valence-corrected chi connectivity index (χ1v) is 9.93. The molecule has 1 amide bonds. The SMILES string of the molecule is COc1ccc(-c2nnc(SCC(=O)N(C)Cc3ccccc3Br)o2)cc1. The smallest absolute Gasteiger partial charge is 0.277 e. The monoisotopic (exact) mass is 447 g/mol. The zero-order valence-corrected chi connectivity index (χ0v) is 17.3. The Balaban J connectivity index is 1.56. The van der Waals surface area contributed by atoms with Crippen LogP contribution >= 0.6 is 27.7 Å². The largest absolute Gasteiger partial charge is 0.497 e. The molecule has 1 heterocycles. The molecule has 0 spiro atoms. The minimum Gasteiger partial charge on any atom is -0.497 e. The quantitative estimate of drug-likeness (QED) is 0.504. The summed E-state index contributed by atoms with van der Waals surface area (Å²) in [7, 11) is 3.39. The number of halogens is 1. The van der Waals surface area contributed by atoms with Gasteiger partial charge in [-0.3, -0.25) is 4.79 Å². The van der Waals surface area contributed by atoms with Gasteiger partial charge in [0.2, 0.25) is 11.8 Å². The third-order valence-electron chi connectivity index (χ3n) is 3.85. The molecule has 0 bridgehead atoms. The highest BCUT2D eigenvalue weighted by atomic mass is 79.9. The Bertz CT molecular complexity index is 915. The maximum absolute atomic E-state index is 12.4. The molecule has 0 atom stereocenters. The van der Waals surface area contributed by atoms with Crippen molar-refractivity contribution in [1.82, 2.24) is 15.1 Å². The van der Waals surface area contributed by atoms with E-state index in [2.05, 4.69) is 26.1 Å². The van der Waals surface area contributed by atoms with Crippen molar-refractivity contribution in [2.45, 2.75) is 11.8 Å². The number of amides is 1. The van der Waals surface area contributed by atoms with Crippen LogP contribution in [0.1, 0.15) is 5.56 Å². The molecule has 1 aromatic heterocycles. The van der Waals surface area contributed by atoms with Crippen LogP contribution in [0.2, 0.25) is 0 Å². The number of thioether (sulfide) groups is 1. The van der Waals surface area contributed by atoms with E-state index in [-0.39, 0.29) is 11.7 Å². The van der Waals surface area contributed by atoms with Crippen LogP contribution in [0.25, 0.3) is 11.5 Å². The maximum atomic E-state index is 12.4. The molecule has 0 saturated carbocycles. The summed E-state index contributed by atoms with van der Waals surface area (Å²) in [5, 5.41) is 8.40. The topological polar surface area (TPSA) is 68.5 Å². The molecule has 3 rings (SSSR count). The van der Waals surface area contributed by atoms with Crippen LogP contribution in [0.5, 0.6) is 5.75 Å². The fourth-order valence-electron chi connectivity index (χ4n) is 2.32. The van der Waals surface area contributed by atoms with Crippen LogP contribution in [-0.4, -0.2) is 40.9 Å². The van der Waals surface area contributed by atoms with Crippen LogP contribution in [0.15, 0.2) is 62.6 Å². The first-order chi connectivity index (χ1) is 13.1. The van der Waals surface area contributed by atoms with E-state index in [1.54, 1.807) is 19.1 Å². The minimum atomic E-state index is -0.0139. The Hall–Kier alpha value is -2.32. The molecule has 140 valence electrons. The van der Waals surface area contributed by atoms with Gasteiger partial charge in [-0.25, -0.2) is 0 Å². The van der Waals surface area contributed by atoms with Gasteiger partial charge in [-0.2, -0.15) is 0 Å². The van der Waals surface area contributed by atoms with E-state index in [1.807, 2.05) is 48.5 Å². The number of nitrogens with zero attached hydrogens (tertiary/aromatic N) is 3. The summed E-state index contributed by atoms with van der Waals surface area (Å²) >= 11 is 4.73. The number of benzene rings is 2. The molecule has 0 saturated heterocycles. The van der Waals surface area contributed by atoms with Crippen LogP contribution < -0.4 is 4.74 Å². The molecule has 6 nitrogen and oxygen atoms in total. The van der Waals surface area contributed by atoms with E-state index in [0.29, 0.717) is 17.7 Å². The van der Waals surface area contributed by atoms with Crippen molar-refractivity contribution in [3.63, 3.8) is 0 Å². The summed E-state index contributed by atoms with van der Waals surface area (Å²) in [4.78, 5) is 14.0. The number of methoxy groups -OCH3 is 1. The Morgan fingerprint density at radius 3 is 2.63 bits per heavy atom. The van der Waals surface area contributed by atoms with Gasteiger partial charge in [0.25, 0.3) is 5.22 Å². The number of ether oxygens (including phenoxy) is 1. The molecular weight excluding hydrogens is 430 g/mol. The summed E-state index contributed by atoms with van der Waals surface area (Å²) in [6.45, 7) is 0.530. The lowest BCUT2D eigenvalue weighted by molar-refractivity contribution is -0.127. The van der Waals surface area contributed by atoms with Crippen molar-refractivity contribution in [3.05, 3.63) is 58.6 Å². The Labute approximate surface area is 170 Å². The third kappa shape index (κ3) is 5.11. The number of rotatable bonds is 7. The van der Waals surface area contributed by atoms with Gasteiger partial charge in [0.05, 0.1) is 12.9 Å². The lowest BCUT2D eigenvalue weighted by atomic mass is 10.2. The second kappa shape index (κ2) is 9.05. The minimum absolute atomic E-state index is 0.0139. The second-order valence-corrected chi connectivity index (χ2v) is 7.51. The summed E-state index contributed by atoms with van der Waals surface area (Å²) in [6, 6.07) is 15.2. The van der Waals surface area contributed by atoms with Gasteiger partial charge in [-0.05, 0) is 35.9 Å². The standard InChI is InChI=1S/C19H18BrN3O3S/c1-23(11-14-5-3-4-6-16(14)20)17(24)12-27-19-22-21-18(26-19)13-7-9-15(25-2)10-8-13/h3-10H,11-12H2,1-2H3. The van der Waals surface area contributed by atoms with Gasteiger partial charge >= 0.3 is 0 Å². The number of aromatic nitrogens is 2. The molecule has 3 aromatic rings. The van der Waals surface area contributed by atoms with Gasteiger partial charge in [-0.1, -0.05) is 45.9 Å². The summed E-state index contributed by atoms with van der Waals surface area (Å²) < 4.78 is 11.7. The second-order valence-electron chi connectivity index (χ2n) is 5.73. The highest BCUT2D eigenvalue weighted by Gasteiger charge is 2.15. The highest BCUT2D eigenvalue weighted by Crippen LogP contribution is 2.25. The number of carbonyl (C=O) groups excluding carboxylic acids is 1. The van der Waals surface area contributed by atoms with E-state index in [0.717, 1.165) is 21.3 Å². The van der Waals surface area contributed by atoms with Crippen molar-refractivity contribution in [2.75, 3.05) is 19.9 Å². The Morgan fingerprint density at radius 2 is 1.93 bits per heavy atom. The number of hydrogen-bond acceptors (Lipinski definition) is 6. The van der Waals surface area contributed by atoms with Gasteiger partial charge in [0.1, 0.15) is 5.75 Å². The van der Waals surface area contributed by atoms with Gasteiger partial charge < -0.3 is 14.1 Å². The molecule has 8 heteroatoms.